The van der Waals surface area contributed by atoms with Gasteiger partial charge in [0.05, 0.1) is 5.69 Å². The number of nitrogens with zero attached hydrogens (tertiary/aromatic N) is 2. The summed E-state index contributed by atoms with van der Waals surface area (Å²) < 4.78 is 13.7. The van der Waals surface area contributed by atoms with Gasteiger partial charge in [-0.1, -0.05) is 12.1 Å². The van der Waals surface area contributed by atoms with Crippen LogP contribution in [0, 0.1) is 5.82 Å². The van der Waals surface area contributed by atoms with Gasteiger partial charge in [-0.05, 0) is 38.8 Å². The Balaban J connectivity index is 2.05. The van der Waals surface area contributed by atoms with E-state index in [1.807, 2.05) is 13.8 Å². The molecule has 0 atom stereocenters. The zero-order chi connectivity index (χ0) is 17.0. The van der Waals surface area contributed by atoms with Gasteiger partial charge < -0.3 is 15.1 Å². The lowest BCUT2D eigenvalue weighted by Crippen LogP contribution is -2.52. The molecule has 1 fully saturated rings. The molecule has 1 heterocycles. The van der Waals surface area contributed by atoms with Crippen LogP contribution >= 0.6 is 0 Å². The maximum Gasteiger partial charge on any atom is 0.322 e. The highest BCUT2D eigenvalue weighted by atomic mass is 19.1. The van der Waals surface area contributed by atoms with E-state index in [0.29, 0.717) is 13.1 Å². The second-order valence-electron chi connectivity index (χ2n) is 6.15. The summed E-state index contributed by atoms with van der Waals surface area (Å²) in [6.45, 7) is 6.74. The summed E-state index contributed by atoms with van der Waals surface area (Å²) in [7, 11) is 0. The molecular weight excluding hydrogens is 297 g/mol. The predicted octanol–water partition coefficient (Wildman–Crippen LogP) is 3.08. The average Bonchev–Trinajstić information content (AvgIpc) is 2.50. The Kier molecular flexibility index (Phi) is 5.58. The minimum atomic E-state index is -0.448. The fourth-order valence-electron chi connectivity index (χ4n) is 3.02. The highest BCUT2D eigenvalue weighted by Gasteiger charge is 2.30. The van der Waals surface area contributed by atoms with Gasteiger partial charge in [0.2, 0.25) is 5.91 Å². The molecule has 1 aromatic carbocycles. The number of anilines is 1. The van der Waals surface area contributed by atoms with Crippen LogP contribution in [-0.2, 0) is 4.79 Å². The number of halogens is 1. The molecule has 0 aliphatic carbocycles. The fraction of sp³-hybridized carbons (Fsp3) is 0.529. The normalized spacial score (nSPS) is 15.6. The van der Waals surface area contributed by atoms with Crippen molar-refractivity contribution in [2.75, 3.05) is 18.4 Å². The zero-order valence-corrected chi connectivity index (χ0v) is 13.9. The van der Waals surface area contributed by atoms with E-state index in [4.69, 9.17) is 0 Å². The molecule has 6 heteroatoms. The van der Waals surface area contributed by atoms with Crippen molar-refractivity contribution >= 4 is 17.6 Å². The maximum absolute atomic E-state index is 13.7. The fourth-order valence-corrected chi connectivity index (χ4v) is 3.02. The summed E-state index contributed by atoms with van der Waals surface area (Å²) in [5.74, 6) is -0.383. The van der Waals surface area contributed by atoms with Crippen LogP contribution in [0.3, 0.4) is 0 Å². The monoisotopic (exact) mass is 321 g/mol. The molecule has 0 unspecified atom stereocenters. The van der Waals surface area contributed by atoms with E-state index in [1.165, 1.54) is 6.07 Å². The number of hydrogen-bond acceptors (Lipinski definition) is 2. The first kappa shape index (κ1) is 17.2. The lowest BCUT2D eigenvalue weighted by molar-refractivity contribution is -0.130. The van der Waals surface area contributed by atoms with Crippen molar-refractivity contribution in [1.29, 1.82) is 0 Å². The minimum absolute atomic E-state index is 0.00403. The van der Waals surface area contributed by atoms with Crippen molar-refractivity contribution in [2.45, 2.75) is 45.7 Å². The van der Waals surface area contributed by atoms with Gasteiger partial charge in [-0.15, -0.1) is 0 Å². The second kappa shape index (κ2) is 7.44. The predicted molar refractivity (Wildman–Crippen MR) is 87.7 cm³/mol. The lowest BCUT2D eigenvalue weighted by Gasteiger charge is -2.40. The van der Waals surface area contributed by atoms with E-state index in [2.05, 4.69) is 5.32 Å². The van der Waals surface area contributed by atoms with Crippen LogP contribution in [0.2, 0.25) is 0 Å². The van der Waals surface area contributed by atoms with E-state index in [1.54, 1.807) is 34.9 Å². The quantitative estimate of drug-likeness (QED) is 0.930. The SMILES string of the molecule is CC(=O)N1CCC(N(C(=O)Nc2ccccc2F)C(C)C)CC1. The molecule has 3 amide bonds. The molecule has 1 saturated heterocycles. The van der Waals surface area contributed by atoms with Gasteiger partial charge in [-0.3, -0.25) is 4.79 Å². The van der Waals surface area contributed by atoms with E-state index >= 15 is 0 Å². The number of carbonyl (C=O) groups excluding carboxylic acids is 2. The van der Waals surface area contributed by atoms with Crippen LogP contribution in [0.25, 0.3) is 0 Å². The second-order valence-corrected chi connectivity index (χ2v) is 6.15. The first-order valence-corrected chi connectivity index (χ1v) is 7.99. The number of likely N-dealkylation sites (tertiary alicyclic amines) is 1. The standard InChI is InChI=1S/C17H24FN3O2/c1-12(2)21(14-8-10-20(11-9-14)13(3)22)17(23)19-16-7-5-4-6-15(16)18/h4-7,12,14H,8-11H2,1-3H3,(H,19,23). The highest BCUT2D eigenvalue weighted by Crippen LogP contribution is 2.21. The van der Waals surface area contributed by atoms with Crippen LogP contribution in [0.1, 0.15) is 33.6 Å². The van der Waals surface area contributed by atoms with Gasteiger partial charge in [0.15, 0.2) is 0 Å². The van der Waals surface area contributed by atoms with E-state index in [9.17, 15) is 14.0 Å². The summed E-state index contributed by atoms with van der Waals surface area (Å²) in [4.78, 5) is 27.6. The first-order chi connectivity index (χ1) is 10.9. The topological polar surface area (TPSA) is 52.7 Å². The molecule has 1 aromatic rings. The minimum Gasteiger partial charge on any atom is -0.343 e. The number of amides is 3. The molecule has 0 saturated carbocycles. The molecule has 1 aliphatic heterocycles. The summed E-state index contributed by atoms with van der Waals surface area (Å²) in [5, 5.41) is 2.65. The third-order valence-corrected chi connectivity index (χ3v) is 4.21. The molecule has 126 valence electrons. The van der Waals surface area contributed by atoms with Crippen molar-refractivity contribution in [3.63, 3.8) is 0 Å². The summed E-state index contributed by atoms with van der Waals surface area (Å²) >= 11 is 0. The van der Waals surface area contributed by atoms with Crippen LogP contribution in [0.4, 0.5) is 14.9 Å². The Hall–Kier alpha value is -2.11. The van der Waals surface area contributed by atoms with Gasteiger partial charge in [0.1, 0.15) is 5.82 Å². The third-order valence-electron chi connectivity index (χ3n) is 4.21. The van der Waals surface area contributed by atoms with Gasteiger partial charge >= 0.3 is 6.03 Å². The molecule has 23 heavy (non-hydrogen) atoms. The van der Waals surface area contributed by atoms with E-state index in [-0.39, 0.29) is 29.7 Å². The van der Waals surface area contributed by atoms with E-state index in [0.717, 1.165) is 12.8 Å². The van der Waals surface area contributed by atoms with Gasteiger partial charge in [-0.25, -0.2) is 9.18 Å². The number of rotatable bonds is 3. The van der Waals surface area contributed by atoms with Crippen molar-refractivity contribution < 1.29 is 14.0 Å². The summed E-state index contributed by atoms with van der Waals surface area (Å²) in [5.41, 5.74) is 0.185. The molecule has 0 bridgehead atoms. The van der Waals surface area contributed by atoms with Crippen LogP contribution in [-0.4, -0.2) is 46.9 Å². The average molecular weight is 321 g/mol. The number of urea groups is 1. The smallest absolute Gasteiger partial charge is 0.322 e. The zero-order valence-electron chi connectivity index (χ0n) is 13.9. The Morgan fingerprint density at radius 3 is 2.39 bits per heavy atom. The van der Waals surface area contributed by atoms with Crippen molar-refractivity contribution in [3.8, 4) is 0 Å². The van der Waals surface area contributed by atoms with Crippen LogP contribution < -0.4 is 5.32 Å². The Labute approximate surface area is 136 Å². The largest absolute Gasteiger partial charge is 0.343 e. The highest BCUT2D eigenvalue weighted by molar-refractivity contribution is 5.89. The number of hydrogen-bond donors (Lipinski definition) is 1. The lowest BCUT2D eigenvalue weighted by atomic mass is 10.0. The summed E-state index contributed by atoms with van der Waals surface area (Å²) in [6, 6.07) is 5.89. The van der Waals surface area contributed by atoms with Gasteiger partial charge in [0, 0.05) is 32.1 Å². The molecule has 0 radical (unpaired) electrons. The first-order valence-electron chi connectivity index (χ1n) is 7.99. The summed E-state index contributed by atoms with van der Waals surface area (Å²) in [6.07, 6.45) is 1.48. The maximum atomic E-state index is 13.7. The third kappa shape index (κ3) is 4.21. The Morgan fingerprint density at radius 1 is 1.26 bits per heavy atom. The van der Waals surface area contributed by atoms with Crippen LogP contribution in [0.15, 0.2) is 24.3 Å². The molecule has 1 N–H and O–H groups in total. The van der Waals surface area contributed by atoms with Gasteiger partial charge in [-0.2, -0.15) is 0 Å². The molecule has 5 nitrogen and oxygen atoms in total. The van der Waals surface area contributed by atoms with Crippen molar-refractivity contribution in [1.82, 2.24) is 9.80 Å². The molecule has 2 rings (SSSR count). The number of piperidine rings is 1. The van der Waals surface area contributed by atoms with Gasteiger partial charge in [0.25, 0.3) is 0 Å². The van der Waals surface area contributed by atoms with E-state index < -0.39 is 5.82 Å². The Morgan fingerprint density at radius 2 is 1.87 bits per heavy atom. The molecule has 1 aliphatic rings. The van der Waals surface area contributed by atoms with Crippen molar-refractivity contribution in [3.05, 3.63) is 30.1 Å². The number of benzene rings is 1. The number of para-hydroxylation sites is 1. The number of carbonyl (C=O) groups is 2. The molecule has 0 spiro atoms. The molecular formula is C17H24FN3O2. The van der Waals surface area contributed by atoms with Crippen LogP contribution in [0.5, 0.6) is 0 Å². The van der Waals surface area contributed by atoms with Crippen molar-refractivity contribution in [2.24, 2.45) is 0 Å². The molecule has 0 aromatic heterocycles. The Bertz CT molecular complexity index is 569. The number of nitrogens with one attached hydrogen (secondary N) is 1.